The average molecular weight is 1080 g/mol. The van der Waals surface area contributed by atoms with Crippen molar-refractivity contribution in [3.63, 3.8) is 0 Å². The van der Waals surface area contributed by atoms with Crippen LogP contribution in [-0.2, 0) is 33.3 Å². The number of rotatable bonds is 9. The van der Waals surface area contributed by atoms with E-state index in [1.165, 1.54) is 45.2 Å². The first-order valence-corrected chi connectivity index (χ1v) is 30.9. The molecule has 2 unspecified atom stereocenters. The molecule has 1 aliphatic carbocycles. The summed E-state index contributed by atoms with van der Waals surface area (Å²) >= 11 is 0. The van der Waals surface area contributed by atoms with Gasteiger partial charge in [0, 0.05) is 126 Å². The van der Waals surface area contributed by atoms with E-state index in [-0.39, 0.29) is 17.2 Å². The molecule has 1 saturated carbocycles. The second-order valence-corrected chi connectivity index (χ2v) is 26.3. The predicted octanol–water partition coefficient (Wildman–Crippen LogP) is 7.84. The largest absolute Gasteiger partial charge is 0.380 e. The molecular weight excluding hydrogens is 957 g/mol. The second kappa shape index (κ2) is 31.6. The summed E-state index contributed by atoms with van der Waals surface area (Å²) in [7, 11) is -2.24. The van der Waals surface area contributed by atoms with Gasteiger partial charge in [-0.1, -0.05) is 6.42 Å². The van der Waals surface area contributed by atoms with Crippen LogP contribution in [0.3, 0.4) is 0 Å². The minimum atomic E-state index is -2.24. The monoisotopic (exact) mass is 1080 g/mol. The fourth-order valence-corrected chi connectivity index (χ4v) is 13.0. The third-order valence-corrected chi connectivity index (χ3v) is 18.3. The Balaban J connectivity index is 0.000000176. The van der Waals surface area contributed by atoms with Crippen LogP contribution in [0.2, 0.25) is 0 Å². The molecule has 0 aromatic rings. The zero-order valence-corrected chi connectivity index (χ0v) is 51.3. The summed E-state index contributed by atoms with van der Waals surface area (Å²) in [6.07, 6.45) is 12.6. The maximum absolute atomic E-state index is 12.1. The van der Waals surface area contributed by atoms with Crippen molar-refractivity contribution in [1.82, 2.24) is 39.2 Å². The molecule has 2 amide bonds. The summed E-state index contributed by atoms with van der Waals surface area (Å²) in [6, 6.07) is 3.65. The van der Waals surface area contributed by atoms with E-state index in [1.807, 2.05) is 4.90 Å². The van der Waals surface area contributed by atoms with Crippen LogP contribution < -0.4 is 0 Å². The molecule has 2 atom stereocenters. The summed E-state index contributed by atoms with van der Waals surface area (Å²) < 4.78 is 47.3. The van der Waals surface area contributed by atoms with Crippen molar-refractivity contribution in [2.75, 3.05) is 145 Å². The molecule has 15 nitrogen and oxygen atoms in total. The third kappa shape index (κ3) is 18.8. The number of methoxy groups -OCH3 is 1. The van der Waals surface area contributed by atoms with Crippen LogP contribution in [-0.4, -0.2) is 255 Å². The number of morpholine rings is 2. The molecule has 10 fully saturated rings. The first kappa shape index (κ1) is 60.6. The van der Waals surface area contributed by atoms with Gasteiger partial charge in [0.15, 0.2) is 0 Å². The van der Waals surface area contributed by atoms with Crippen LogP contribution in [0.1, 0.15) is 172 Å². The van der Waals surface area contributed by atoms with Gasteiger partial charge in [-0.05, 0) is 181 Å². The first-order chi connectivity index (χ1) is 37.3. The van der Waals surface area contributed by atoms with Gasteiger partial charge in [-0.3, -0.25) is 34.1 Å². The molecule has 0 N–H and O–H groups in total. The van der Waals surface area contributed by atoms with E-state index in [1.54, 1.807) is 0 Å². The van der Waals surface area contributed by atoms with Gasteiger partial charge in [-0.2, -0.15) is 0 Å². The fourth-order valence-electron chi connectivity index (χ4n) is 13.0. The maximum Gasteiger partial charge on any atom is 0.225 e. The van der Waals surface area contributed by atoms with Crippen molar-refractivity contribution >= 4 is 11.8 Å². The Hall–Kier alpha value is -1.50. The predicted molar refractivity (Wildman–Crippen MR) is 310 cm³/mol. The molecule has 0 aromatic heterocycles. The molecule has 10 rings (SSSR count). The van der Waals surface area contributed by atoms with Gasteiger partial charge < -0.3 is 38.4 Å². The van der Waals surface area contributed by atoms with E-state index in [9.17, 15) is 9.59 Å². The molecule has 10 aliphatic rings. The number of ether oxygens (including phenoxy) is 5. The molecule has 0 radical (unpaired) electrons. The number of likely N-dealkylation sites (tertiary alicyclic amines) is 4. The molecule has 0 bridgehead atoms. The maximum atomic E-state index is 12.1. The molecule has 15 heteroatoms. The quantitative estimate of drug-likeness (QED) is 0.224. The van der Waals surface area contributed by atoms with Gasteiger partial charge in [0.25, 0.3) is 0 Å². The fraction of sp³-hybridized carbons (Fsp3) is 0.967. The van der Waals surface area contributed by atoms with E-state index >= 15 is 0 Å². The number of amides is 2. The molecule has 0 aromatic carbocycles. The van der Waals surface area contributed by atoms with Crippen molar-refractivity contribution in [2.24, 2.45) is 11.8 Å². The molecule has 9 saturated heterocycles. The van der Waals surface area contributed by atoms with Crippen molar-refractivity contribution in [3.05, 3.63) is 0 Å². The van der Waals surface area contributed by atoms with Gasteiger partial charge in [0.05, 0.1) is 74.1 Å². The summed E-state index contributed by atoms with van der Waals surface area (Å²) in [4.78, 5) is 43.2. The first-order valence-electron chi connectivity index (χ1n) is 32.4. The molecule has 9 aliphatic heterocycles. The van der Waals surface area contributed by atoms with E-state index < -0.39 is 7.04 Å². The topological polar surface area (TPSA) is 106 Å². The lowest BCUT2D eigenvalue weighted by atomic mass is 9.84. The minimum Gasteiger partial charge on any atom is -0.380 e. The van der Waals surface area contributed by atoms with E-state index in [0.29, 0.717) is 65.4 Å². The van der Waals surface area contributed by atoms with Gasteiger partial charge in [0.2, 0.25) is 11.8 Å². The van der Waals surface area contributed by atoms with Crippen LogP contribution in [0, 0.1) is 11.8 Å². The average Bonchev–Trinajstić information content (AvgIpc) is 3.86. The highest BCUT2D eigenvalue weighted by Gasteiger charge is 2.48. The Kier molecular flexibility index (Phi) is 25.2. The lowest BCUT2D eigenvalue weighted by molar-refractivity contribution is -0.205. The van der Waals surface area contributed by atoms with E-state index in [4.69, 9.17) is 27.8 Å². The summed E-state index contributed by atoms with van der Waals surface area (Å²) in [6.45, 7) is 51.8. The van der Waals surface area contributed by atoms with Crippen molar-refractivity contribution in [2.45, 2.75) is 227 Å². The lowest BCUT2D eigenvalue weighted by Gasteiger charge is -2.53. The highest BCUT2D eigenvalue weighted by atomic mass is 16.5. The Bertz CT molecular complexity index is 1700. The third-order valence-electron chi connectivity index (χ3n) is 18.3. The van der Waals surface area contributed by atoms with E-state index in [0.717, 1.165) is 163 Å². The summed E-state index contributed by atoms with van der Waals surface area (Å²) in [5.74, 6) is 1.53. The minimum absolute atomic E-state index is 0.116. The number of hydrogen-bond acceptors (Lipinski definition) is 13. The molecule has 9 heterocycles. The van der Waals surface area contributed by atoms with Gasteiger partial charge in [-0.25, -0.2) is 0 Å². The van der Waals surface area contributed by atoms with Gasteiger partial charge in [0.1, 0.15) is 0 Å². The van der Waals surface area contributed by atoms with Crippen LogP contribution >= 0.6 is 0 Å². The lowest BCUT2D eigenvalue weighted by Crippen LogP contribution is -2.69. The zero-order valence-electron chi connectivity index (χ0n) is 54.3. The summed E-state index contributed by atoms with van der Waals surface area (Å²) in [5, 5.41) is 0. The normalized spacial score (nSPS) is 28.1. The number of carbonyl (C=O) groups excluding carboxylic acids is 2. The standard InChI is InChI=1S/2C13H24N2O.C9H17NO2.C9H17NO.C9H19NO.C8H17NO/c1-11(2)14-7-3-5-12(6-10-14)13(16)15-8-4-9-15;1-11(2)14-7-4-8-15(10-9-14)13(16)12-5-3-6-12;1-8(2)10-3-4-11-5-9(10)6-12-7-9;1-8(2)10-5-3-4-9(10)6-11-7-9;1-8(2)10-5-6-11-7-9(10,3)4;1-7(2)9-5-4-8(6-9)10-3/h2*11-12H,3-10H2,1-2H3;8H,3-7H2,1-2H3;8H,3-7H2,1-2H3;8H,5-7H2,1-4H3;7-8H,4-6H2,1-3H3/i;;;;;3D3. The zero-order chi connectivity index (χ0) is 58.1. The molecular formula is C61H118N8O7. The van der Waals surface area contributed by atoms with Crippen molar-refractivity contribution in [1.29, 1.82) is 0 Å². The molecule has 76 heavy (non-hydrogen) atoms. The Labute approximate surface area is 470 Å². The number of carbonyl (C=O) groups is 2. The van der Waals surface area contributed by atoms with Gasteiger partial charge in [-0.15, -0.1) is 0 Å². The second-order valence-electron chi connectivity index (χ2n) is 26.3. The number of hydrogen-bond donors (Lipinski definition) is 0. The molecule has 2 spiro atoms. The number of nitrogens with zero attached hydrogens (tertiary/aromatic N) is 8. The van der Waals surface area contributed by atoms with Crippen molar-refractivity contribution in [3.8, 4) is 0 Å². The summed E-state index contributed by atoms with van der Waals surface area (Å²) in [5.41, 5.74) is 0.924. The van der Waals surface area contributed by atoms with Crippen LogP contribution in [0.25, 0.3) is 0 Å². The molecule has 444 valence electrons. The highest BCUT2D eigenvalue weighted by Crippen LogP contribution is 2.37. The van der Waals surface area contributed by atoms with E-state index in [2.05, 4.69) is 131 Å². The van der Waals surface area contributed by atoms with Crippen LogP contribution in [0.15, 0.2) is 0 Å². The van der Waals surface area contributed by atoms with Crippen LogP contribution in [0.5, 0.6) is 0 Å². The SMILES string of the molecule is CC(C)N1CCCC(C(=O)N2CCC2)CC1.CC(C)N1CCCC12COC2.CC(C)N1CCCN(C(=O)C2CCC2)CC1.CC(C)N1CCOCC1(C)C.CC(C)N1CCOCC12COC2.[2H]C([2H])([2H])OC1CCN(C(C)C)C1. The Morgan fingerprint density at radius 2 is 0.921 bits per heavy atom. The Morgan fingerprint density at radius 3 is 1.37 bits per heavy atom. The van der Waals surface area contributed by atoms with Crippen molar-refractivity contribution < 1.29 is 37.4 Å². The van der Waals surface area contributed by atoms with Crippen LogP contribution in [0.4, 0.5) is 0 Å². The highest BCUT2D eigenvalue weighted by molar-refractivity contribution is 5.80. The van der Waals surface area contributed by atoms with Gasteiger partial charge >= 0.3 is 0 Å². The Morgan fingerprint density at radius 1 is 0.447 bits per heavy atom. The smallest absolute Gasteiger partial charge is 0.225 e.